The zero-order chi connectivity index (χ0) is 13.4. The molecule has 0 saturated heterocycles. The smallest absolute Gasteiger partial charge is 0.423 e. The summed E-state index contributed by atoms with van der Waals surface area (Å²) in [4.78, 5) is 0. The van der Waals surface area contributed by atoms with E-state index in [9.17, 15) is 26.3 Å². The Hall–Kier alpha value is -0.553. The Labute approximate surface area is 111 Å². The molecule has 2 nitrogen and oxygen atoms in total. The minimum absolute atomic E-state index is 0. The van der Waals surface area contributed by atoms with Crippen LogP contribution < -0.4 is 5.46 Å². The van der Waals surface area contributed by atoms with Crippen LogP contribution in [0, 0.1) is 0 Å². The van der Waals surface area contributed by atoms with E-state index in [1.807, 2.05) is 0 Å². The van der Waals surface area contributed by atoms with Gasteiger partial charge in [0.1, 0.15) is 0 Å². The summed E-state index contributed by atoms with van der Waals surface area (Å²) in [5.41, 5.74) is -4.04. The van der Waals surface area contributed by atoms with Crippen LogP contribution in [0.4, 0.5) is 26.3 Å². The van der Waals surface area contributed by atoms with Gasteiger partial charge < -0.3 is 10.0 Å². The van der Waals surface area contributed by atoms with E-state index < -0.39 is 36.1 Å². The summed E-state index contributed by atoms with van der Waals surface area (Å²) in [5.74, 6) is 0. The molecule has 1 aromatic carbocycles. The van der Waals surface area contributed by atoms with Gasteiger partial charge in [-0.15, -0.1) is 0 Å². The van der Waals surface area contributed by atoms with Crippen molar-refractivity contribution >= 4 is 12.6 Å². The van der Waals surface area contributed by atoms with E-state index in [-0.39, 0.29) is 38.6 Å². The summed E-state index contributed by atoms with van der Waals surface area (Å²) in [7, 11) is -2.40. The van der Waals surface area contributed by atoms with Crippen molar-refractivity contribution in [1.29, 1.82) is 0 Å². The van der Waals surface area contributed by atoms with Crippen LogP contribution in [0.1, 0.15) is 11.1 Å². The second-order valence-corrected chi connectivity index (χ2v) is 3.21. The third kappa shape index (κ3) is 4.28. The minimum Gasteiger partial charge on any atom is -0.423 e. The van der Waals surface area contributed by atoms with Crippen molar-refractivity contribution in [3.63, 3.8) is 0 Å². The largest absolute Gasteiger partial charge is 0.488 e. The molecule has 1 aromatic rings. The maximum absolute atomic E-state index is 12.3. The second kappa shape index (κ2) is 5.61. The molecule has 0 unspecified atom stereocenters. The number of hydrogen-bond donors (Lipinski definition) is 2. The number of hydrogen-bond acceptors (Lipinski definition) is 2. The first-order chi connectivity index (χ1) is 7.51. The molecule has 0 fully saturated rings. The first-order valence-electron chi connectivity index (χ1n) is 4.17. The van der Waals surface area contributed by atoms with E-state index >= 15 is 0 Å². The van der Waals surface area contributed by atoms with Gasteiger partial charge in [0.15, 0.2) is 0 Å². The van der Waals surface area contributed by atoms with E-state index in [4.69, 9.17) is 10.0 Å². The average Bonchev–Trinajstić information content (AvgIpc) is 2.14. The number of halogens is 6. The first-order valence-corrected chi connectivity index (χ1v) is 4.17. The van der Waals surface area contributed by atoms with Crippen LogP contribution >= 0.6 is 0 Å². The van der Waals surface area contributed by atoms with Gasteiger partial charge in [0.2, 0.25) is 0 Å². The number of benzene rings is 1. The van der Waals surface area contributed by atoms with Crippen molar-refractivity contribution < 1.29 is 56.8 Å². The molecule has 18 heavy (non-hydrogen) atoms. The zero-order valence-corrected chi connectivity index (χ0v) is 9.84. The Kier molecular flexibility index (Phi) is 5.44. The molecule has 0 radical (unpaired) electrons. The molecule has 0 atom stereocenters. The van der Waals surface area contributed by atoms with Gasteiger partial charge in [0.05, 0.1) is 11.1 Å². The zero-order valence-electron chi connectivity index (χ0n) is 8.29. The molecule has 0 heterocycles. The molecule has 104 valence electrons. The Morgan fingerprint density at radius 1 is 0.778 bits per heavy atom. The van der Waals surface area contributed by atoms with E-state index in [2.05, 4.69) is 0 Å². The van der Waals surface area contributed by atoms with Gasteiger partial charge in [-0.2, -0.15) is 26.3 Å². The van der Waals surface area contributed by atoms with Crippen molar-refractivity contribution in [2.45, 2.75) is 12.4 Å². The van der Waals surface area contributed by atoms with Gasteiger partial charge in [-0.3, -0.25) is 0 Å². The molecule has 0 aliphatic rings. The maximum atomic E-state index is 12.3. The van der Waals surface area contributed by atoms with E-state index in [0.717, 1.165) is 0 Å². The number of alkyl halides is 6. The van der Waals surface area contributed by atoms with Crippen LogP contribution in [0.15, 0.2) is 18.2 Å². The van der Waals surface area contributed by atoms with Gasteiger partial charge in [0, 0.05) is 20.4 Å². The van der Waals surface area contributed by atoms with Crippen LogP contribution in [0.3, 0.4) is 0 Å². The molecular weight excluding hydrogens is 359 g/mol. The van der Waals surface area contributed by atoms with Crippen molar-refractivity contribution in [2.75, 3.05) is 0 Å². The van der Waals surface area contributed by atoms with Crippen molar-refractivity contribution in [2.24, 2.45) is 0 Å². The minimum atomic E-state index is -5.00. The predicted molar refractivity (Wildman–Crippen MR) is 46.3 cm³/mol. The van der Waals surface area contributed by atoms with Crippen LogP contribution in [0.2, 0.25) is 0 Å². The summed E-state index contributed by atoms with van der Waals surface area (Å²) >= 11 is 0. The van der Waals surface area contributed by atoms with Crippen molar-refractivity contribution in [3.05, 3.63) is 29.3 Å². The second-order valence-electron chi connectivity index (χ2n) is 3.21. The monoisotopic (exact) mass is 364 g/mol. The third-order valence-electron chi connectivity index (χ3n) is 1.91. The van der Waals surface area contributed by atoms with E-state index in [0.29, 0.717) is 0 Å². The Bertz CT molecular complexity index is 385. The summed E-state index contributed by atoms with van der Waals surface area (Å²) in [6.07, 6.45) is -9.99. The predicted octanol–water partition coefficient (Wildman–Crippen LogP) is 1.40. The first kappa shape index (κ1) is 17.4. The van der Waals surface area contributed by atoms with Crippen molar-refractivity contribution in [3.8, 4) is 0 Å². The molecule has 0 aliphatic heterocycles. The summed E-state index contributed by atoms with van der Waals surface area (Å²) in [6.45, 7) is 0. The van der Waals surface area contributed by atoms with Gasteiger partial charge in [-0.05, 0) is 11.5 Å². The van der Waals surface area contributed by atoms with Gasteiger partial charge >= 0.3 is 19.5 Å². The maximum Gasteiger partial charge on any atom is 0.488 e. The molecule has 1 rings (SSSR count). The fraction of sp³-hybridized carbons (Fsp3) is 0.250. The molecule has 0 saturated carbocycles. The average molecular weight is 364 g/mol. The molecular formula is C8H5BF6O2Pd. The van der Waals surface area contributed by atoms with Gasteiger partial charge in [-0.1, -0.05) is 12.1 Å². The molecule has 10 heteroatoms. The quantitative estimate of drug-likeness (QED) is 0.584. The molecule has 0 aromatic heterocycles. The topological polar surface area (TPSA) is 40.5 Å². The third-order valence-corrected chi connectivity index (χ3v) is 1.91. The van der Waals surface area contributed by atoms with Crippen molar-refractivity contribution in [1.82, 2.24) is 0 Å². The molecule has 0 spiro atoms. The Morgan fingerprint density at radius 2 is 1.11 bits per heavy atom. The van der Waals surface area contributed by atoms with E-state index in [1.165, 1.54) is 0 Å². The normalized spacial score (nSPS) is 12.0. The molecule has 0 amide bonds. The van der Waals surface area contributed by atoms with Crippen LogP contribution in [0.5, 0.6) is 0 Å². The summed E-state index contributed by atoms with van der Waals surface area (Å²) < 4.78 is 73.6. The number of rotatable bonds is 1. The Balaban J connectivity index is 0.00000289. The van der Waals surface area contributed by atoms with Crippen LogP contribution in [0.25, 0.3) is 0 Å². The molecule has 0 aliphatic carbocycles. The van der Waals surface area contributed by atoms with Gasteiger partial charge in [0.25, 0.3) is 0 Å². The summed E-state index contributed by atoms with van der Waals surface area (Å²) in [5, 5.41) is 17.2. The Morgan fingerprint density at radius 3 is 1.33 bits per heavy atom. The molecule has 0 bridgehead atoms. The van der Waals surface area contributed by atoms with Crippen LogP contribution in [-0.4, -0.2) is 17.2 Å². The SMILES string of the molecule is OB(O)c1cc(C(F)(F)F)cc(C(F)(F)F)c1.[Pd]. The summed E-state index contributed by atoms with van der Waals surface area (Å²) in [6, 6.07) is 0.408. The van der Waals surface area contributed by atoms with E-state index in [1.54, 1.807) is 0 Å². The fourth-order valence-corrected chi connectivity index (χ4v) is 1.13. The molecule has 2 N–H and O–H groups in total. The van der Waals surface area contributed by atoms with Gasteiger partial charge in [-0.25, -0.2) is 0 Å². The van der Waals surface area contributed by atoms with Crippen LogP contribution in [-0.2, 0) is 32.8 Å². The fourth-order valence-electron chi connectivity index (χ4n) is 1.13. The standard InChI is InChI=1S/C8H5BF6O2.Pd/c10-7(11,12)4-1-5(8(13,14)15)3-6(2-4)9(16)17;/h1-3,16-17H;.